The van der Waals surface area contributed by atoms with Gasteiger partial charge in [-0.2, -0.15) is 0 Å². The summed E-state index contributed by atoms with van der Waals surface area (Å²) in [5.41, 5.74) is 11.8. The highest BCUT2D eigenvalue weighted by atomic mass is 32.1. The highest BCUT2D eigenvalue weighted by molar-refractivity contribution is 7.17. The van der Waals surface area contributed by atoms with Gasteiger partial charge in [0, 0.05) is 22.0 Å². The lowest BCUT2D eigenvalue weighted by Crippen LogP contribution is -2.26. The Labute approximate surface area is 248 Å². The van der Waals surface area contributed by atoms with Gasteiger partial charge in [0.2, 0.25) is 0 Å². The van der Waals surface area contributed by atoms with Crippen molar-refractivity contribution in [3.63, 3.8) is 0 Å². The molecule has 0 aliphatic heterocycles. The molecule has 1 aliphatic carbocycles. The molecule has 3 heterocycles. The van der Waals surface area contributed by atoms with E-state index in [4.69, 9.17) is 10.7 Å². The fourth-order valence-electron chi connectivity index (χ4n) is 6.02. The molecule has 0 saturated carbocycles. The highest BCUT2D eigenvalue weighted by Gasteiger charge is 2.27. The molecule has 3 aromatic heterocycles. The molecule has 2 atom stereocenters. The fourth-order valence-corrected chi connectivity index (χ4v) is 6.99. The third-order valence-corrected chi connectivity index (χ3v) is 9.17. The number of nitrogens with zero attached hydrogens (tertiary/aromatic N) is 2. The quantitative estimate of drug-likeness (QED) is 0.203. The van der Waals surface area contributed by atoms with Crippen LogP contribution >= 0.6 is 11.3 Å². The second kappa shape index (κ2) is 11.2. The van der Waals surface area contributed by atoms with Crippen LogP contribution < -0.4 is 11.1 Å². The maximum absolute atomic E-state index is 13.6. The highest BCUT2D eigenvalue weighted by Crippen LogP contribution is 2.40. The number of nitrogens with two attached hydrogens (primary N) is 1. The number of amides is 2. The van der Waals surface area contributed by atoms with Crippen molar-refractivity contribution in [2.75, 3.05) is 0 Å². The van der Waals surface area contributed by atoms with Gasteiger partial charge in [-0.15, -0.1) is 11.3 Å². The molecule has 214 valence electrons. The van der Waals surface area contributed by atoms with Crippen molar-refractivity contribution < 1.29 is 14.0 Å². The SMILES string of the molecule is CC(C)Cc1nc2c(ccn2C(C)c2ccc(F)cc2)c(-c2ccc(C(=O)NC3CCc4ccccc43)s2)c1C(N)=O. The molecule has 0 saturated heterocycles. The van der Waals surface area contributed by atoms with Crippen molar-refractivity contribution in [3.8, 4) is 10.4 Å². The average Bonchev–Trinajstić information content (AvgIpc) is 3.71. The zero-order valence-corrected chi connectivity index (χ0v) is 24.7. The van der Waals surface area contributed by atoms with Crippen LogP contribution in [0.3, 0.4) is 0 Å². The molecule has 2 amide bonds. The van der Waals surface area contributed by atoms with Gasteiger partial charge in [-0.1, -0.05) is 50.2 Å². The first-order valence-corrected chi connectivity index (χ1v) is 15.1. The summed E-state index contributed by atoms with van der Waals surface area (Å²) in [6.45, 7) is 6.18. The van der Waals surface area contributed by atoms with Crippen molar-refractivity contribution in [3.05, 3.63) is 112 Å². The normalized spacial score (nSPS) is 15.2. The Kier molecular flexibility index (Phi) is 7.41. The summed E-state index contributed by atoms with van der Waals surface area (Å²) in [6, 6.07) is 20.2. The van der Waals surface area contributed by atoms with Crippen molar-refractivity contribution >= 4 is 34.2 Å². The van der Waals surface area contributed by atoms with Crippen LogP contribution in [0, 0.1) is 11.7 Å². The molecule has 6 rings (SSSR count). The molecule has 3 N–H and O–H groups in total. The Morgan fingerprint density at radius 2 is 1.83 bits per heavy atom. The van der Waals surface area contributed by atoms with E-state index >= 15 is 0 Å². The van der Waals surface area contributed by atoms with Crippen LogP contribution in [0.5, 0.6) is 0 Å². The fraction of sp³-hybridized carbons (Fsp3) is 0.265. The van der Waals surface area contributed by atoms with E-state index in [1.807, 2.05) is 48.0 Å². The summed E-state index contributed by atoms with van der Waals surface area (Å²) in [5, 5.41) is 3.99. The number of carbonyl (C=O) groups is 2. The molecular weight excluding hydrogens is 547 g/mol. The number of primary amides is 1. The Morgan fingerprint density at radius 1 is 1.07 bits per heavy atom. The van der Waals surface area contributed by atoms with E-state index in [0.717, 1.165) is 28.7 Å². The maximum Gasteiger partial charge on any atom is 0.261 e. The van der Waals surface area contributed by atoms with E-state index in [2.05, 4.69) is 31.3 Å². The van der Waals surface area contributed by atoms with Crippen molar-refractivity contribution in [2.45, 2.75) is 52.1 Å². The van der Waals surface area contributed by atoms with Crippen LogP contribution in [0.1, 0.15) is 81.7 Å². The molecule has 1 aliphatic rings. The number of aromatic nitrogens is 2. The minimum Gasteiger partial charge on any atom is -0.366 e. The molecule has 42 heavy (non-hydrogen) atoms. The number of fused-ring (bicyclic) bond motifs is 2. The van der Waals surface area contributed by atoms with E-state index < -0.39 is 5.91 Å². The second-order valence-electron chi connectivity index (χ2n) is 11.4. The number of pyridine rings is 1. The molecule has 2 unspecified atom stereocenters. The predicted molar refractivity (Wildman–Crippen MR) is 165 cm³/mol. The molecule has 8 heteroatoms. The molecule has 5 aromatic rings. The third kappa shape index (κ3) is 5.11. The Morgan fingerprint density at radius 3 is 2.57 bits per heavy atom. The van der Waals surface area contributed by atoms with Crippen LogP contribution in [0.4, 0.5) is 4.39 Å². The van der Waals surface area contributed by atoms with Gasteiger partial charge in [-0.05, 0) is 79.1 Å². The van der Waals surface area contributed by atoms with E-state index in [9.17, 15) is 14.0 Å². The van der Waals surface area contributed by atoms with Crippen molar-refractivity contribution in [2.24, 2.45) is 11.7 Å². The monoisotopic (exact) mass is 580 g/mol. The minimum absolute atomic E-state index is 0.0207. The summed E-state index contributed by atoms with van der Waals surface area (Å²) >= 11 is 1.35. The van der Waals surface area contributed by atoms with E-state index in [0.29, 0.717) is 33.8 Å². The molecule has 2 aromatic carbocycles. The van der Waals surface area contributed by atoms with Crippen molar-refractivity contribution in [1.82, 2.24) is 14.9 Å². The first-order valence-electron chi connectivity index (χ1n) is 14.3. The largest absolute Gasteiger partial charge is 0.366 e. The van der Waals surface area contributed by atoms with Crippen LogP contribution in [-0.2, 0) is 12.8 Å². The standard InChI is InChI=1S/C34H33FN4O2S/c1-19(2)18-27-31(32(36)40)30(25-16-17-39(33(25)37-27)20(3)21-8-11-23(35)12-9-21)28-14-15-29(42-28)34(41)38-26-13-10-22-6-4-5-7-24(22)26/h4-9,11-12,14-17,19-20,26H,10,13,18H2,1-3H3,(H2,36,40)(H,38,41). The first-order chi connectivity index (χ1) is 20.2. The summed E-state index contributed by atoms with van der Waals surface area (Å²) in [4.78, 5) is 32.7. The summed E-state index contributed by atoms with van der Waals surface area (Å²) < 4.78 is 15.7. The number of carbonyl (C=O) groups excluding carboxylic acids is 2. The van der Waals surface area contributed by atoms with Crippen LogP contribution in [-0.4, -0.2) is 21.4 Å². The Hall–Kier alpha value is -4.30. The topological polar surface area (TPSA) is 90.0 Å². The summed E-state index contributed by atoms with van der Waals surface area (Å²) in [5.74, 6) is -0.735. The van der Waals surface area contributed by atoms with Crippen LogP contribution in [0.25, 0.3) is 21.5 Å². The van der Waals surface area contributed by atoms with Gasteiger partial charge in [0.1, 0.15) is 11.5 Å². The van der Waals surface area contributed by atoms with Gasteiger partial charge in [0.15, 0.2) is 0 Å². The Bertz CT molecular complexity index is 1800. The number of rotatable bonds is 8. The average molecular weight is 581 g/mol. The van der Waals surface area contributed by atoms with Gasteiger partial charge in [0.25, 0.3) is 11.8 Å². The molecule has 0 bridgehead atoms. The van der Waals surface area contributed by atoms with E-state index in [1.54, 1.807) is 12.1 Å². The number of hydrogen-bond acceptors (Lipinski definition) is 4. The van der Waals surface area contributed by atoms with E-state index in [-0.39, 0.29) is 29.7 Å². The van der Waals surface area contributed by atoms with Crippen LogP contribution in [0.2, 0.25) is 0 Å². The minimum atomic E-state index is -0.545. The second-order valence-corrected chi connectivity index (χ2v) is 12.5. The van der Waals surface area contributed by atoms with Gasteiger partial charge in [0.05, 0.1) is 28.2 Å². The lowest BCUT2D eigenvalue weighted by Gasteiger charge is -2.18. The number of nitrogens with one attached hydrogen (secondary N) is 1. The first kappa shape index (κ1) is 27.8. The number of halogens is 1. The third-order valence-electron chi connectivity index (χ3n) is 8.07. The zero-order valence-electron chi connectivity index (χ0n) is 23.9. The summed E-state index contributed by atoms with van der Waals surface area (Å²) in [6.07, 6.45) is 4.33. The number of hydrogen-bond donors (Lipinski definition) is 2. The van der Waals surface area contributed by atoms with E-state index in [1.165, 1.54) is 34.6 Å². The molecule has 0 fully saturated rings. The molecule has 0 spiro atoms. The number of benzene rings is 2. The number of thiophene rings is 1. The number of aryl methyl sites for hydroxylation is 1. The van der Waals surface area contributed by atoms with Crippen LogP contribution in [0.15, 0.2) is 72.9 Å². The Balaban J connectivity index is 1.43. The molecule has 6 nitrogen and oxygen atoms in total. The zero-order chi connectivity index (χ0) is 29.5. The van der Waals surface area contributed by atoms with Gasteiger partial charge in [-0.3, -0.25) is 9.59 Å². The summed E-state index contributed by atoms with van der Waals surface area (Å²) in [7, 11) is 0. The lowest BCUT2D eigenvalue weighted by atomic mass is 9.96. The lowest BCUT2D eigenvalue weighted by molar-refractivity contribution is 0.0939. The predicted octanol–water partition coefficient (Wildman–Crippen LogP) is 7.23. The smallest absolute Gasteiger partial charge is 0.261 e. The van der Waals surface area contributed by atoms with Gasteiger partial charge in [-0.25, -0.2) is 9.37 Å². The molecular formula is C34H33FN4O2S. The molecule has 0 radical (unpaired) electrons. The maximum atomic E-state index is 13.6. The van der Waals surface area contributed by atoms with Gasteiger partial charge >= 0.3 is 0 Å². The van der Waals surface area contributed by atoms with Crippen molar-refractivity contribution in [1.29, 1.82) is 0 Å². The van der Waals surface area contributed by atoms with Gasteiger partial charge < -0.3 is 15.6 Å².